The van der Waals surface area contributed by atoms with Gasteiger partial charge in [-0.2, -0.15) is 5.26 Å². The third-order valence-electron chi connectivity index (χ3n) is 2.95. The number of ether oxygens (including phenoxy) is 2. The van der Waals surface area contributed by atoms with Crippen LogP contribution in [0.4, 0.5) is 0 Å². The fraction of sp³-hybridized carbons (Fsp3) is 0.312. The molecule has 1 unspecified atom stereocenters. The third-order valence-corrected chi connectivity index (χ3v) is 3.98. The van der Waals surface area contributed by atoms with E-state index in [2.05, 4.69) is 4.98 Å². The third kappa shape index (κ3) is 3.91. The van der Waals surface area contributed by atoms with Gasteiger partial charge in [-0.25, -0.2) is 4.98 Å². The first-order valence-electron chi connectivity index (χ1n) is 6.73. The molecule has 1 atom stereocenters. The van der Waals surface area contributed by atoms with Crippen molar-refractivity contribution in [2.75, 3.05) is 20.3 Å². The zero-order valence-corrected chi connectivity index (χ0v) is 13.2. The monoisotopic (exact) mass is 316 g/mol. The molecule has 0 amide bonds. The molecule has 0 radical (unpaired) electrons. The molecule has 0 saturated carbocycles. The van der Waals surface area contributed by atoms with Crippen LogP contribution in [0.2, 0.25) is 0 Å². The molecule has 22 heavy (non-hydrogen) atoms. The Kier molecular flexibility index (Phi) is 5.64. The van der Waals surface area contributed by atoms with Crippen molar-refractivity contribution in [1.29, 1.82) is 5.26 Å². The van der Waals surface area contributed by atoms with Crippen LogP contribution in [0.1, 0.15) is 27.0 Å². The zero-order valence-electron chi connectivity index (χ0n) is 12.4. The second-order valence-electron chi connectivity index (χ2n) is 4.62. The van der Waals surface area contributed by atoms with Crippen molar-refractivity contribution in [2.45, 2.75) is 12.8 Å². The van der Waals surface area contributed by atoms with Gasteiger partial charge in [0.1, 0.15) is 17.4 Å². The Hall–Kier alpha value is -2.23. The molecule has 0 bridgehead atoms. The van der Waals surface area contributed by atoms with E-state index in [0.717, 1.165) is 5.69 Å². The van der Waals surface area contributed by atoms with Crippen LogP contribution >= 0.6 is 11.3 Å². The quantitative estimate of drug-likeness (QED) is 0.580. The second kappa shape index (κ2) is 7.69. The number of benzene rings is 1. The van der Waals surface area contributed by atoms with Crippen LogP contribution in [-0.2, 0) is 4.74 Å². The predicted molar refractivity (Wildman–Crippen MR) is 83.3 cm³/mol. The highest BCUT2D eigenvalue weighted by molar-refractivity contribution is 7.10. The topological polar surface area (TPSA) is 72.2 Å². The van der Waals surface area contributed by atoms with Crippen LogP contribution in [0.5, 0.6) is 5.75 Å². The Morgan fingerprint density at radius 2 is 2.27 bits per heavy atom. The number of carbonyl (C=O) groups is 1. The Morgan fingerprint density at radius 3 is 2.91 bits per heavy atom. The Balaban J connectivity index is 2.17. The summed E-state index contributed by atoms with van der Waals surface area (Å²) in [6.07, 6.45) is 0. The minimum absolute atomic E-state index is 0.269. The van der Waals surface area contributed by atoms with E-state index in [4.69, 9.17) is 9.47 Å². The van der Waals surface area contributed by atoms with Crippen molar-refractivity contribution in [3.8, 4) is 11.8 Å². The molecule has 0 aliphatic heterocycles. The van der Waals surface area contributed by atoms with Gasteiger partial charge in [0.2, 0.25) is 0 Å². The number of ketones is 1. The number of thiazole rings is 1. The molecule has 1 aromatic heterocycles. The normalized spacial score (nSPS) is 11.7. The summed E-state index contributed by atoms with van der Waals surface area (Å²) < 4.78 is 10.4. The number of hydrogen-bond acceptors (Lipinski definition) is 6. The summed E-state index contributed by atoms with van der Waals surface area (Å²) in [4.78, 5) is 16.8. The van der Waals surface area contributed by atoms with E-state index in [-0.39, 0.29) is 5.78 Å². The first-order valence-corrected chi connectivity index (χ1v) is 7.61. The molecular formula is C16H16N2O3S. The van der Waals surface area contributed by atoms with Crippen molar-refractivity contribution >= 4 is 17.1 Å². The molecule has 2 rings (SSSR count). The first-order chi connectivity index (χ1) is 10.7. The first kappa shape index (κ1) is 16.1. The van der Waals surface area contributed by atoms with Gasteiger partial charge in [-0.3, -0.25) is 4.79 Å². The number of nitriles is 1. The van der Waals surface area contributed by atoms with Crippen molar-refractivity contribution in [1.82, 2.24) is 4.98 Å². The maximum Gasteiger partial charge on any atom is 0.187 e. The van der Waals surface area contributed by atoms with Crippen LogP contribution < -0.4 is 4.74 Å². The smallest absolute Gasteiger partial charge is 0.187 e. The summed E-state index contributed by atoms with van der Waals surface area (Å²) in [5, 5.41) is 11.7. The van der Waals surface area contributed by atoms with Gasteiger partial charge in [-0.05, 0) is 19.1 Å². The number of rotatable bonds is 7. The number of aryl methyl sites for hydroxylation is 1. The lowest BCUT2D eigenvalue weighted by Crippen LogP contribution is -2.11. The van der Waals surface area contributed by atoms with E-state index in [1.807, 2.05) is 18.4 Å². The fourth-order valence-electron chi connectivity index (χ4n) is 1.88. The van der Waals surface area contributed by atoms with Gasteiger partial charge in [0, 0.05) is 23.7 Å². The molecule has 6 heteroatoms. The largest absolute Gasteiger partial charge is 0.491 e. The molecule has 114 valence electrons. The van der Waals surface area contributed by atoms with Crippen LogP contribution in [0, 0.1) is 18.3 Å². The summed E-state index contributed by atoms with van der Waals surface area (Å²) >= 11 is 1.32. The van der Waals surface area contributed by atoms with Crippen molar-refractivity contribution in [3.05, 3.63) is 45.9 Å². The van der Waals surface area contributed by atoms with Gasteiger partial charge in [-0.1, -0.05) is 12.1 Å². The standard InChI is InChI=1S/C16H16N2O3S/c1-11-10-22-16(18-11)14(9-17)15(19)12-4-3-5-13(8-12)21-7-6-20-2/h3-5,8,10,14H,6-7H2,1-2H3. The average Bonchev–Trinajstić information content (AvgIpc) is 2.95. The van der Waals surface area contributed by atoms with E-state index in [1.165, 1.54) is 11.3 Å². The molecule has 0 saturated heterocycles. The van der Waals surface area contributed by atoms with E-state index >= 15 is 0 Å². The number of nitrogens with zero attached hydrogens (tertiary/aromatic N) is 2. The number of aromatic nitrogens is 1. The second-order valence-corrected chi connectivity index (χ2v) is 5.51. The van der Waals surface area contributed by atoms with Gasteiger partial charge >= 0.3 is 0 Å². The molecular weight excluding hydrogens is 300 g/mol. The molecule has 1 heterocycles. The minimum Gasteiger partial charge on any atom is -0.491 e. The van der Waals surface area contributed by atoms with Crippen molar-refractivity contribution in [2.24, 2.45) is 0 Å². The van der Waals surface area contributed by atoms with Gasteiger partial charge in [-0.15, -0.1) is 11.3 Å². The summed E-state index contributed by atoms with van der Waals surface area (Å²) in [7, 11) is 1.59. The molecule has 0 spiro atoms. The number of hydrogen-bond donors (Lipinski definition) is 0. The average molecular weight is 316 g/mol. The fourth-order valence-corrected chi connectivity index (χ4v) is 2.72. The maximum absolute atomic E-state index is 12.5. The highest BCUT2D eigenvalue weighted by atomic mass is 32.1. The van der Waals surface area contributed by atoms with E-state index < -0.39 is 5.92 Å². The summed E-state index contributed by atoms with van der Waals surface area (Å²) in [6.45, 7) is 2.71. The highest BCUT2D eigenvalue weighted by Gasteiger charge is 2.24. The molecule has 0 N–H and O–H groups in total. The highest BCUT2D eigenvalue weighted by Crippen LogP contribution is 2.25. The lowest BCUT2D eigenvalue weighted by atomic mass is 9.99. The van der Waals surface area contributed by atoms with Crippen LogP contribution in [0.3, 0.4) is 0 Å². The minimum atomic E-state index is -0.882. The Labute approximate surface area is 133 Å². The SMILES string of the molecule is COCCOc1cccc(C(=O)C(C#N)c2nc(C)cs2)c1. The van der Waals surface area contributed by atoms with Gasteiger partial charge < -0.3 is 9.47 Å². The number of Topliss-reactive ketones (excluding diaryl/α,β-unsaturated/α-hetero) is 1. The summed E-state index contributed by atoms with van der Waals surface area (Å²) in [5.74, 6) is -0.572. The Bertz CT molecular complexity index is 691. The predicted octanol–water partition coefficient (Wildman–Crippen LogP) is 2.97. The molecule has 2 aromatic rings. The number of carbonyl (C=O) groups excluding carboxylic acids is 1. The van der Waals surface area contributed by atoms with E-state index in [9.17, 15) is 10.1 Å². The Morgan fingerprint density at radius 1 is 1.45 bits per heavy atom. The van der Waals surface area contributed by atoms with Gasteiger partial charge in [0.15, 0.2) is 11.7 Å². The van der Waals surface area contributed by atoms with Crippen LogP contribution in [0.25, 0.3) is 0 Å². The molecule has 1 aromatic carbocycles. The lowest BCUT2D eigenvalue weighted by molar-refractivity contribution is 0.0978. The van der Waals surface area contributed by atoms with Gasteiger partial charge in [0.05, 0.1) is 12.7 Å². The zero-order chi connectivity index (χ0) is 15.9. The molecule has 0 aliphatic rings. The van der Waals surface area contributed by atoms with E-state index in [1.54, 1.807) is 31.4 Å². The van der Waals surface area contributed by atoms with Crippen molar-refractivity contribution in [3.63, 3.8) is 0 Å². The molecule has 0 aliphatic carbocycles. The number of methoxy groups -OCH3 is 1. The van der Waals surface area contributed by atoms with Crippen molar-refractivity contribution < 1.29 is 14.3 Å². The maximum atomic E-state index is 12.5. The summed E-state index contributed by atoms with van der Waals surface area (Å²) in [5.41, 5.74) is 1.25. The van der Waals surface area contributed by atoms with E-state index in [0.29, 0.717) is 29.5 Å². The summed E-state index contributed by atoms with van der Waals surface area (Å²) in [6, 6.07) is 8.86. The van der Waals surface area contributed by atoms with Crippen LogP contribution in [0.15, 0.2) is 29.6 Å². The lowest BCUT2D eigenvalue weighted by Gasteiger charge is -2.09. The molecule has 0 fully saturated rings. The molecule has 5 nitrogen and oxygen atoms in total. The van der Waals surface area contributed by atoms with Crippen LogP contribution in [-0.4, -0.2) is 31.1 Å². The van der Waals surface area contributed by atoms with Gasteiger partial charge in [0.25, 0.3) is 0 Å².